The molecule has 0 aliphatic heterocycles. The maximum Gasteiger partial charge on any atom is 0.273 e. The Labute approximate surface area is 170 Å². The number of nitrogens with one attached hydrogen (secondary N) is 2. The number of nitrogens with two attached hydrogens (primary N) is 1. The molecule has 150 valence electrons. The number of benzene rings is 1. The molecule has 0 unspecified atom stereocenters. The number of anilines is 1. The van der Waals surface area contributed by atoms with Crippen LogP contribution >= 0.6 is 0 Å². The largest absolute Gasteiger partial charge is 0.448 e. The Morgan fingerprint density at radius 2 is 2.17 bits per heavy atom. The zero-order valence-corrected chi connectivity index (χ0v) is 16.1. The van der Waals surface area contributed by atoms with E-state index in [2.05, 4.69) is 30.6 Å². The molecule has 10 nitrogen and oxygen atoms in total. The van der Waals surface area contributed by atoms with Crippen LogP contribution in [0.15, 0.2) is 47.3 Å². The fourth-order valence-electron chi connectivity index (χ4n) is 3.38. The molecule has 5 aromatic rings. The summed E-state index contributed by atoms with van der Waals surface area (Å²) >= 11 is 0. The fourth-order valence-corrected chi connectivity index (χ4v) is 3.38. The van der Waals surface area contributed by atoms with E-state index in [4.69, 9.17) is 10.2 Å². The minimum absolute atomic E-state index is 0.255. The van der Waals surface area contributed by atoms with Gasteiger partial charge in [-0.05, 0) is 12.1 Å². The van der Waals surface area contributed by atoms with E-state index < -0.39 is 0 Å². The lowest BCUT2D eigenvalue weighted by Crippen LogP contribution is -2.27. The highest BCUT2D eigenvalue weighted by Gasteiger charge is 2.13. The number of fused-ring (bicyclic) bond motifs is 3. The molecule has 0 spiro atoms. The van der Waals surface area contributed by atoms with E-state index in [0.717, 1.165) is 27.5 Å². The van der Waals surface area contributed by atoms with Crippen LogP contribution in [0, 0.1) is 6.92 Å². The third-order valence-electron chi connectivity index (χ3n) is 4.82. The van der Waals surface area contributed by atoms with Crippen molar-refractivity contribution in [3.05, 3.63) is 54.5 Å². The summed E-state index contributed by atoms with van der Waals surface area (Å²) in [6.07, 6.45) is 4.96. The van der Waals surface area contributed by atoms with Gasteiger partial charge in [0.1, 0.15) is 11.8 Å². The van der Waals surface area contributed by atoms with Crippen LogP contribution < -0.4 is 11.1 Å². The second kappa shape index (κ2) is 6.99. The average Bonchev–Trinajstić information content (AvgIpc) is 3.48. The van der Waals surface area contributed by atoms with Crippen molar-refractivity contribution in [2.75, 3.05) is 12.3 Å². The van der Waals surface area contributed by atoms with Crippen molar-refractivity contribution >= 4 is 33.5 Å². The quantitative estimate of drug-likeness (QED) is 0.409. The topological polar surface area (TPSA) is 141 Å². The molecule has 0 bridgehead atoms. The zero-order valence-electron chi connectivity index (χ0n) is 16.1. The summed E-state index contributed by atoms with van der Waals surface area (Å²) in [7, 11) is 0. The highest BCUT2D eigenvalue weighted by molar-refractivity contribution is 6.08. The van der Waals surface area contributed by atoms with Crippen LogP contribution in [-0.2, 0) is 6.54 Å². The summed E-state index contributed by atoms with van der Waals surface area (Å²) in [6.45, 7) is 2.55. The summed E-state index contributed by atoms with van der Waals surface area (Å²) < 4.78 is 6.81. The average molecular weight is 402 g/mol. The number of oxazole rings is 1. The van der Waals surface area contributed by atoms with E-state index in [9.17, 15) is 4.79 Å². The van der Waals surface area contributed by atoms with Crippen LogP contribution in [0.5, 0.6) is 0 Å². The molecule has 0 aliphatic carbocycles. The van der Waals surface area contributed by atoms with Crippen molar-refractivity contribution in [1.29, 1.82) is 0 Å². The predicted octanol–water partition coefficient (Wildman–Crippen LogP) is 2.28. The van der Waals surface area contributed by atoms with Crippen LogP contribution in [0.2, 0.25) is 0 Å². The molecule has 0 saturated carbocycles. The number of aromatic amines is 1. The first-order valence-corrected chi connectivity index (χ1v) is 9.35. The van der Waals surface area contributed by atoms with Gasteiger partial charge in [0.25, 0.3) is 5.91 Å². The number of hydrogen-bond acceptors (Lipinski definition) is 7. The Balaban J connectivity index is 1.40. The highest BCUT2D eigenvalue weighted by atomic mass is 16.3. The van der Waals surface area contributed by atoms with Crippen molar-refractivity contribution < 1.29 is 9.21 Å². The van der Waals surface area contributed by atoms with E-state index >= 15 is 0 Å². The van der Waals surface area contributed by atoms with Gasteiger partial charge in [0.2, 0.25) is 0 Å². The van der Waals surface area contributed by atoms with Crippen molar-refractivity contribution in [3.63, 3.8) is 0 Å². The van der Waals surface area contributed by atoms with Gasteiger partial charge in [-0.1, -0.05) is 12.1 Å². The lowest BCUT2D eigenvalue weighted by molar-refractivity contribution is 0.0947. The van der Waals surface area contributed by atoms with Crippen molar-refractivity contribution in [2.45, 2.75) is 13.5 Å². The molecule has 4 N–H and O–H groups in total. The van der Waals surface area contributed by atoms with Gasteiger partial charge in [0, 0.05) is 42.2 Å². The molecule has 10 heteroatoms. The van der Waals surface area contributed by atoms with E-state index in [-0.39, 0.29) is 11.6 Å². The Morgan fingerprint density at radius 1 is 1.27 bits per heavy atom. The van der Waals surface area contributed by atoms with Crippen LogP contribution in [0.3, 0.4) is 0 Å². The first-order valence-electron chi connectivity index (χ1n) is 9.35. The van der Waals surface area contributed by atoms with Crippen LogP contribution in [0.4, 0.5) is 5.82 Å². The Kier molecular flexibility index (Phi) is 4.16. The van der Waals surface area contributed by atoms with E-state index in [1.54, 1.807) is 17.8 Å². The number of rotatable bonds is 5. The summed E-state index contributed by atoms with van der Waals surface area (Å²) in [6, 6.07) is 7.87. The van der Waals surface area contributed by atoms with Crippen molar-refractivity contribution in [2.24, 2.45) is 0 Å². The second-order valence-corrected chi connectivity index (χ2v) is 6.86. The van der Waals surface area contributed by atoms with Gasteiger partial charge in [-0.2, -0.15) is 10.2 Å². The second-order valence-electron chi connectivity index (χ2n) is 6.86. The molecule has 1 aromatic carbocycles. The Bertz CT molecular complexity index is 1370. The van der Waals surface area contributed by atoms with E-state index in [1.165, 1.54) is 6.26 Å². The zero-order chi connectivity index (χ0) is 20.7. The highest BCUT2D eigenvalue weighted by Crippen LogP contribution is 2.29. The minimum Gasteiger partial charge on any atom is -0.448 e. The number of aryl methyl sites for hydroxylation is 1. The molecule has 0 atom stereocenters. The molecule has 0 radical (unpaired) electrons. The lowest BCUT2D eigenvalue weighted by Gasteiger charge is -2.03. The number of nitrogens with zero attached hydrogens (tertiary/aromatic N) is 5. The molecular weight excluding hydrogens is 384 g/mol. The summed E-state index contributed by atoms with van der Waals surface area (Å²) in [5, 5.41) is 16.1. The summed E-state index contributed by atoms with van der Waals surface area (Å²) in [5.74, 6) is 0.519. The van der Waals surface area contributed by atoms with Gasteiger partial charge in [-0.25, -0.2) is 9.97 Å². The number of amides is 1. The molecule has 4 aromatic heterocycles. The van der Waals surface area contributed by atoms with Gasteiger partial charge < -0.3 is 15.5 Å². The number of aromatic nitrogens is 6. The molecule has 5 rings (SSSR count). The Morgan fingerprint density at radius 3 is 2.93 bits per heavy atom. The number of pyridine rings is 1. The minimum atomic E-state index is -0.290. The lowest BCUT2D eigenvalue weighted by atomic mass is 10.1. The maximum absolute atomic E-state index is 12.1. The van der Waals surface area contributed by atoms with Crippen LogP contribution in [-0.4, -0.2) is 42.4 Å². The Hall–Kier alpha value is -4.21. The van der Waals surface area contributed by atoms with Gasteiger partial charge in [-0.3, -0.25) is 14.6 Å². The molecule has 0 aliphatic rings. The van der Waals surface area contributed by atoms with Crippen LogP contribution in [0.25, 0.3) is 33.1 Å². The molecule has 0 saturated heterocycles. The van der Waals surface area contributed by atoms with Crippen LogP contribution in [0.1, 0.15) is 16.4 Å². The number of H-pyrrole nitrogens is 1. The van der Waals surface area contributed by atoms with Gasteiger partial charge in [-0.15, -0.1) is 0 Å². The van der Waals surface area contributed by atoms with E-state index in [0.29, 0.717) is 30.3 Å². The van der Waals surface area contributed by atoms with Crippen molar-refractivity contribution in [1.82, 2.24) is 35.3 Å². The number of carbonyl (C=O) groups excluding carboxylic acids is 1. The SMILES string of the molecule is Cc1nc(C(=O)NCCn2cc3c(n2)c(N)nc2cc(-c4ccn[nH]4)ccc23)co1. The first-order chi connectivity index (χ1) is 14.6. The first kappa shape index (κ1) is 17.9. The fraction of sp³-hybridized carbons (Fsp3) is 0.150. The molecule has 1 amide bonds. The summed E-state index contributed by atoms with van der Waals surface area (Å²) in [4.78, 5) is 20.6. The molecular formula is C20H18N8O2. The van der Waals surface area contributed by atoms with Gasteiger partial charge in [0.15, 0.2) is 17.4 Å². The number of hydrogen-bond donors (Lipinski definition) is 3. The smallest absolute Gasteiger partial charge is 0.273 e. The number of carbonyl (C=O) groups is 1. The third kappa shape index (κ3) is 3.13. The van der Waals surface area contributed by atoms with Crippen molar-refractivity contribution in [3.8, 4) is 11.3 Å². The van der Waals surface area contributed by atoms with Gasteiger partial charge >= 0.3 is 0 Å². The van der Waals surface area contributed by atoms with E-state index in [1.807, 2.05) is 30.5 Å². The number of nitrogen functional groups attached to an aromatic ring is 1. The molecule has 4 heterocycles. The van der Waals surface area contributed by atoms with Gasteiger partial charge in [0.05, 0.1) is 17.8 Å². The standard InChI is InChI=1S/C20H18N8O2/c1-11-24-17(10-30-11)20(29)22-6-7-28-9-14-13-3-2-12(15-4-5-23-26-15)8-16(13)25-19(21)18(14)27-28/h2-5,8-10H,6-7H2,1H3,(H2,21,25)(H,22,29)(H,23,26). The molecule has 30 heavy (non-hydrogen) atoms. The monoisotopic (exact) mass is 402 g/mol. The predicted molar refractivity (Wildman–Crippen MR) is 111 cm³/mol. The maximum atomic E-state index is 12.1. The molecule has 0 fully saturated rings. The third-order valence-corrected chi connectivity index (χ3v) is 4.82. The summed E-state index contributed by atoms with van der Waals surface area (Å²) in [5.41, 5.74) is 9.72. The normalized spacial score (nSPS) is 11.4.